The molecule has 0 bridgehead atoms. The molecule has 12 heteroatoms. The summed E-state index contributed by atoms with van der Waals surface area (Å²) in [6.45, 7) is 4.30. The second-order valence-electron chi connectivity index (χ2n) is 9.80. The summed E-state index contributed by atoms with van der Waals surface area (Å²) in [5, 5.41) is 6.25. The molecule has 0 amide bonds. The molecule has 4 aromatic heterocycles. The van der Waals surface area contributed by atoms with Crippen molar-refractivity contribution in [3.8, 4) is 33.3 Å². The van der Waals surface area contributed by atoms with Crippen molar-refractivity contribution >= 4 is 34.0 Å². The lowest BCUT2D eigenvalue weighted by Gasteiger charge is -2.21. The van der Waals surface area contributed by atoms with E-state index in [-0.39, 0.29) is 17.1 Å². The first-order valence-corrected chi connectivity index (χ1v) is 14.5. The fraction of sp³-hybridized carbons (Fsp3) is 0.161. The standard InChI is InChI=1S/C31H28N8O3S/c1-4-42-31-36-24(17-43-31)22-15-33-30(32)37-27(22)34-18(2)28-35-23-12-8-11-21(19-13-14-25(40)38(3)16-19)26(23)29(41)39(28)20-9-6-5-7-10-20/h5-18H,4H2,1-3H3,(H3,32,33,34,37). The summed E-state index contributed by atoms with van der Waals surface area (Å²) >= 11 is 1.38. The third-order valence-electron chi connectivity index (χ3n) is 6.91. The van der Waals surface area contributed by atoms with E-state index in [0.717, 1.165) is 5.56 Å². The summed E-state index contributed by atoms with van der Waals surface area (Å²) in [7, 11) is 1.68. The van der Waals surface area contributed by atoms with Gasteiger partial charge in [0.1, 0.15) is 11.6 Å². The molecule has 0 saturated heterocycles. The van der Waals surface area contributed by atoms with Gasteiger partial charge in [0, 0.05) is 30.9 Å². The SMILES string of the molecule is CCOc1nc(-c2cnc(N)nc2NC(C)c2nc3cccc(-c4ccc(=O)n(C)c4)c3c(=O)n2-c2ccccc2)cs1. The number of hydrogen-bond donors (Lipinski definition) is 2. The van der Waals surface area contributed by atoms with E-state index in [9.17, 15) is 9.59 Å². The molecule has 4 heterocycles. The van der Waals surface area contributed by atoms with Gasteiger partial charge in [0.25, 0.3) is 10.8 Å². The molecule has 0 saturated carbocycles. The first kappa shape index (κ1) is 27.8. The second kappa shape index (κ2) is 11.5. The number of nitrogens with one attached hydrogen (secondary N) is 1. The summed E-state index contributed by atoms with van der Waals surface area (Å²) < 4.78 is 8.64. The van der Waals surface area contributed by atoms with Crippen LogP contribution in [0.25, 0.3) is 39.0 Å². The predicted molar refractivity (Wildman–Crippen MR) is 169 cm³/mol. The number of hydrogen-bond acceptors (Lipinski definition) is 10. The Morgan fingerprint density at radius 3 is 2.58 bits per heavy atom. The minimum absolute atomic E-state index is 0.0903. The first-order chi connectivity index (χ1) is 20.8. The van der Waals surface area contributed by atoms with Crippen LogP contribution in [0, 0.1) is 0 Å². The Bertz CT molecular complexity index is 2070. The number of ether oxygens (including phenoxy) is 1. The summed E-state index contributed by atoms with van der Waals surface area (Å²) in [5.41, 5.74) is 9.48. The van der Waals surface area contributed by atoms with Gasteiger partial charge in [-0.2, -0.15) is 4.98 Å². The number of rotatable bonds is 8. The highest BCUT2D eigenvalue weighted by Gasteiger charge is 2.22. The molecule has 0 aliphatic carbocycles. The molecule has 0 spiro atoms. The van der Waals surface area contributed by atoms with Crippen molar-refractivity contribution in [2.45, 2.75) is 19.9 Å². The topological polar surface area (TPSA) is 143 Å². The highest BCUT2D eigenvalue weighted by atomic mass is 32.1. The summed E-state index contributed by atoms with van der Waals surface area (Å²) in [6, 6.07) is 17.6. The Labute approximate surface area is 250 Å². The molecule has 3 N–H and O–H groups in total. The lowest BCUT2D eigenvalue weighted by molar-refractivity contribution is 0.338. The van der Waals surface area contributed by atoms with Gasteiger partial charge in [-0.15, -0.1) is 0 Å². The van der Waals surface area contributed by atoms with E-state index in [0.29, 0.717) is 56.9 Å². The van der Waals surface area contributed by atoms with Crippen LogP contribution in [0.2, 0.25) is 0 Å². The fourth-order valence-electron chi connectivity index (χ4n) is 4.89. The zero-order valence-electron chi connectivity index (χ0n) is 23.7. The molecule has 0 aliphatic rings. The molecule has 0 aliphatic heterocycles. The summed E-state index contributed by atoms with van der Waals surface area (Å²) in [5.74, 6) is 1.01. The molecule has 0 fully saturated rings. The van der Waals surface area contributed by atoms with Gasteiger partial charge in [-0.25, -0.2) is 15.0 Å². The molecule has 2 aromatic carbocycles. The minimum Gasteiger partial charge on any atom is -0.470 e. The van der Waals surface area contributed by atoms with E-state index in [1.165, 1.54) is 22.0 Å². The number of pyridine rings is 1. The third kappa shape index (κ3) is 5.35. The average Bonchev–Trinajstić information content (AvgIpc) is 3.47. The number of para-hydroxylation sites is 1. The molecule has 1 unspecified atom stereocenters. The van der Waals surface area contributed by atoms with Crippen molar-refractivity contribution in [3.05, 3.63) is 105 Å². The molecule has 43 heavy (non-hydrogen) atoms. The number of fused-ring (bicyclic) bond motifs is 1. The number of nitrogen functional groups attached to an aromatic ring is 1. The zero-order valence-corrected chi connectivity index (χ0v) is 24.5. The fourth-order valence-corrected chi connectivity index (χ4v) is 5.62. The van der Waals surface area contributed by atoms with Gasteiger partial charge in [-0.3, -0.25) is 14.2 Å². The van der Waals surface area contributed by atoms with Crippen LogP contribution < -0.4 is 26.9 Å². The molecule has 6 rings (SSSR count). The Hall–Kier alpha value is -5.36. The van der Waals surface area contributed by atoms with Crippen molar-refractivity contribution < 1.29 is 4.74 Å². The van der Waals surface area contributed by atoms with Gasteiger partial charge < -0.3 is 20.4 Å². The number of anilines is 2. The quantitative estimate of drug-likeness (QED) is 0.254. The van der Waals surface area contributed by atoms with Crippen LogP contribution in [-0.2, 0) is 7.05 Å². The van der Waals surface area contributed by atoms with Gasteiger partial charge in [0.15, 0.2) is 0 Å². The Kier molecular flexibility index (Phi) is 7.43. The molecule has 0 radical (unpaired) electrons. The van der Waals surface area contributed by atoms with Crippen molar-refractivity contribution in [1.29, 1.82) is 0 Å². The molecule has 1 atom stereocenters. The largest absolute Gasteiger partial charge is 0.470 e. The van der Waals surface area contributed by atoms with Crippen LogP contribution >= 0.6 is 11.3 Å². The highest BCUT2D eigenvalue weighted by Crippen LogP contribution is 2.33. The van der Waals surface area contributed by atoms with E-state index < -0.39 is 6.04 Å². The minimum atomic E-state index is -0.503. The summed E-state index contributed by atoms with van der Waals surface area (Å²) in [4.78, 5) is 44.7. The van der Waals surface area contributed by atoms with Crippen LogP contribution in [0.15, 0.2) is 88.0 Å². The van der Waals surface area contributed by atoms with Gasteiger partial charge in [-0.1, -0.05) is 41.7 Å². The maximum absolute atomic E-state index is 14.4. The molecular formula is C31H28N8O3S. The van der Waals surface area contributed by atoms with Crippen LogP contribution in [0.1, 0.15) is 25.7 Å². The first-order valence-electron chi connectivity index (χ1n) is 13.6. The van der Waals surface area contributed by atoms with E-state index in [1.807, 2.05) is 67.8 Å². The normalized spacial score (nSPS) is 11.9. The Morgan fingerprint density at radius 1 is 1.00 bits per heavy atom. The zero-order chi connectivity index (χ0) is 30.1. The van der Waals surface area contributed by atoms with Crippen molar-refractivity contribution in [1.82, 2.24) is 29.1 Å². The number of aromatic nitrogens is 6. The number of thiazole rings is 1. The van der Waals surface area contributed by atoms with Crippen LogP contribution in [0.4, 0.5) is 11.8 Å². The Balaban J connectivity index is 1.51. The van der Waals surface area contributed by atoms with Gasteiger partial charge in [0.05, 0.1) is 40.5 Å². The van der Waals surface area contributed by atoms with Crippen molar-refractivity contribution in [3.63, 3.8) is 0 Å². The van der Waals surface area contributed by atoms with E-state index in [1.54, 1.807) is 30.1 Å². The second-order valence-corrected chi connectivity index (χ2v) is 10.6. The highest BCUT2D eigenvalue weighted by molar-refractivity contribution is 7.11. The average molecular weight is 593 g/mol. The number of nitrogens with two attached hydrogens (primary N) is 1. The monoisotopic (exact) mass is 592 g/mol. The van der Waals surface area contributed by atoms with Gasteiger partial charge in [0.2, 0.25) is 11.5 Å². The lowest BCUT2D eigenvalue weighted by Crippen LogP contribution is -2.28. The van der Waals surface area contributed by atoms with E-state index >= 15 is 0 Å². The van der Waals surface area contributed by atoms with Crippen LogP contribution in [-0.4, -0.2) is 35.7 Å². The van der Waals surface area contributed by atoms with Gasteiger partial charge in [-0.05, 0) is 49.2 Å². The molecular weight excluding hydrogens is 564 g/mol. The number of nitrogens with zero attached hydrogens (tertiary/aromatic N) is 6. The van der Waals surface area contributed by atoms with Gasteiger partial charge >= 0.3 is 0 Å². The maximum atomic E-state index is 14.4. The molecule has 216 valence electrons. The number of aryl methyl sites for hydroxylation is 1. The lowest BCUT2D eigenvalue weighted by atomic mass is 10.0. The van der Waals surface area contributed by atoms with E-state index in [4.69, 9.17) is 15.5 Å². The van der Waals surface area contributed by atoms with E-state index in [2.05, 4.69) is 20.3 Å². The van der Waals surface area contributed by atoms with Crippen LogP contribution in [0.5, 0.6) is 5.19 Å². The van der Waals surface area contributed by atoms with Crippen LogP contribution in [0.3, 0.4) is 0 Å². The predicted octanol–water partition coefficient (Wildman–Crippen LogP) is 4.82. The molecule has 11 nitrogen and oxygen atoms in total. The summed E-state index contributed by atoms with van der Waals surface area (Å²) in [6.07, 6.45) is 3.33. The third-order valence-corrected chi connectivity index (χ3v) is 7.66. The smallest absolute Gasteiger partial charge is 0.273 e. The van der Waals surface area contributed by atoms with Crippen molar-refractivity contribution in [2.75, 3.05) is 17.7 Å². The molecule has 6 aromatic rings. The Morgan fingerprint density at radius 2 is 1.81 bits per heavy atom. The maximum Gasteiger partial charge on any atom is 0.273 e. The number of benzene rings is 2. The van der Waals surface area contributed by atoms with Crippen molar-refractivity contribution in [2.24, 2.45) is 7.05 Å².